The molecule has 0 aliphatic heterocycles. The average molecular weight is 549 g/mol. The van der Waals surface area contributed by atoms with Crippen molar-refractivity contribution in [2.45, 2.75) is 55.3 Å². The molecule has 0 amide bonds. The van der Waals surface area contributed by atoms with E-state index in [1.807, 2.05) is 0 Å². The minimum atomic E-state index is -4.55. The molecule has 1 saturated carbocycles. The fraction of sp³-hybridized carbons (Fsp3) is 0.409. The normalized spacial score (nSPS) is 20.1. The van der Waals surface area contributed by atoms with Gasteiger partial charge in [-0.3, -0.25) is 0 Å². The van der Waals surface area contributed by atoms with Crippen LogP contribution in [0, 0.1) is 12.7 Å². The molecule has 0 spiro atoms. The van der Waals surface area contributed by atoms with Gasteiger partial charge in [0, 0.05) is 48.3 Å². The predicted molar refractivity (Wildman–Crippen MR) is 118 cm³/mol. The van der Waals surface area contributed by atoms with E-state index in [2.05, 4.69) is 24.6 Å². The Morgan fingerprint density at radius 3 is 2.54 bits per heavy atom. The van der Waals surface area contributed by atoms with Crippen LogP contribution in [0.4, 0.5) is 26.3 Å². The highest BCUT2D eigenvalue weighted by atomic mass is 32.2. The van der Waals surface area contributed by atoms with Gasteiger partial charge in [0.25, 0.3) is 5.92 Å². The molecule has 1 aliphatic carbocycles. The van der Waals surface area contributed by atoms with Crippen LogP contribution in [0.5, 0.6) is 5.88 Å². The van der Waals surface area contributed by atoms with Gasteiger partial charge in [0.1, 0.15) is 18.0 Å². The summed E-state index contributed by atoms with van der Waals surface area (Å²) in [6.45, 7) is 0.0572. The van der Waals surface area contributed by atoms with Crippen molar-refractivity contribution in [3.8, 4) is 17.0 Å². The molecule has 15 heteroatoms. The highest BCUT2D eigenvalue weighted by Gasteiger charge is 2.43. The standard InChI is InChI=1S/C22H21F6N5O3S/c1-13-31-30-12-33(13)16-6-15(8-21(24,25)9-16)32-37(34,35)17-3-4-18(19(23)7-17)14-2-5-20(29-10-14)36-11-22(26,27)28/h2-5,7,10,12,15-16,32H,6,8-9,11H2,1H3. The van der Waals surface area contributed by atoms with E-state index >= 15 is 0 Å². The maximum absolute atomic E-state index is 14.8. The third-order valence-electron chi connectivity index (χ3n) is 5.79. The summed E-state index contributed by atoms with van der Waals surface area (Å²) in [4.78, 5) is 3.22. The fourth-order valence-electron chi connectivity index (χ4n) is 4.21. The predicted octanol–water partition coefficient (Wildman–Crippen LogP) is 4.44. The first-order chi connectivity index (χ1) is 17.2. The third-order valence-corrected chi connectivity index (χ3v) is 7.30. The van der Waals surface area contributed by atoms with Crippen LogP contribution in [0.15, 0.2) is 47.8 Å². The lowest BCUT2D eigenvalue weighted by atomic mass is 9.88. The molecule has 3 aromatic rings. The Morgan fingerprint density at radius 1 is 1.19 bits per heavy atom. The molecule has 0 bridgehead atoms. The molecule has 0 saturated heterocycles. The number of alkyl halides is 5. The number of ether oxygens (including phenoxy) is 1. The van der Waals surface area contributed by atoms with Crippen LogP contribution in [0.25, 0.3) is 11.1 Å². The summed E-state index contributed by atoms with van der Waals surface area (Å²) in [7, 11) is -4.37. The van der Waals surface area contributed by atoms with Crippen LogP contribution < -0.4 is 9.46 Å². The minimum Gasteiger partial charge on any atom is -0.468 e. The number of benzene rings is 1. The van der Waals surface area contributed by atoms with Crippen LogP contribution in [-0.4, -0.2) is 52.9 Å². The minimum absolute atomic E-state index is 0.0582. The Hall–Kier alpha value is -3.20. The van der Waals surface area contributed by atoms with Gasteiger partial charge in [-0.2, -0.15) is 13.2 Å². The highest BCUT2D eigenvalue weighted by Crippen LogP contribution is 2.40. The molecule has 1 aliphatic rings. The van der Waals surface area contributed by atoms with Gasteiger partial charge in [0.2, 0.25) is 15.9 Å². The van der Waals surface area contributed by atoms with E-state index in [-0.39, 0.29) is 23.4 Å². The van der Waals surface area contributed by atoms with Crippen molar-refractivity contribution in [1.82, 2.24) is 24.5 Å². The largest absolute Gasteiger partial charge is 0.468 e. The van der Waals surface area contributed by atoms with E-state index in [4.69, 9.17) is 0 Å². The van der Waals surface area contributed by atoms with Crippen molar-refractivity contribution in [2.75, 3.05) is 6.61 Å². The van der Waals surface area contributed by atoms with E-state index in [0.29, 0.717) is 5.82 Å². The number of aryl methyl sites for hydroxylation is 1. The highest BCUT2D eigenvalue weighted by molar-refractivity contribution is 7.89. The van der Waals surface area contributed by atoms with Crippen molar-refractivity contribution in [3.63, 3.8) is 0 Å². The van der Waals surface area contributed by atoms with Crippen LogP contribution in [0.3, 0.4) is 0 Å². The Balaban J connectivity index is 1.49. The lowest BCUT2D eigenvalue weighted by Crippen LogP contribution is -2.45. The van der Waals surface area contributed by atoms with Gasteiger partial charge in [0.05, 0.1) is 4.90 Å². The van der Waals surface area contributed by atoms with Crippen molar-refractivity contribution >= 4 is 10.0 Å². The molecule has 2 aromatic heterocycles. The summed E-state index contributed by atoms with van der Waals surface area (Å²) in [5, 5.41) is 7.47. The van der Waals surface area contributed by atoms with Gasteiger partial charge in [-0.25, -0.2) is 31.3 Å². The first-order valence-electron chi connectivity index (χ1n) is 10.9. The molecule has 37 heavy (non-hydrogen) atoms. The molecule has 0 radical (unpaired) electrons. The van der Waals surface area contributed by atoms with Gasteiger partial charge < -0.3 is 9.30 Å². The molecular weight excluding hydrogens is 528 g/mol. The molecule has 200 valence electrons. The number of aromatic nitrogens is 4. The van der Waals surface area contributed by atoms with Crippen LogP contribution >= 0.6 is 0 Å². The average Bonchev–Trinajstić information content (AvgIpc) is 3.22. The van der Waals surface area contributed by atoms with E-state index in [1.54, 1.807) is 6.92 Å². The van der Waals surface area contributed by atoms with Gasteiger partial charge in [-0.05, 0) is 31.5 Å². The van der Waals surface area contributed by atoms with Crippen LogP contribution in [0.2, 0.25) is 0 Å². The summed E-state index contributed by atoms with van der Waals surface area (Å²) in [6.07, 6.45) is -3.33. The Bertz CT molecular complexity index is 1360. The zero-order valence-corrected chi connectivity index (χ0v) is 20.0. The van der Waals surface area contributed by atoms with Gasteiger partial charge in [0.15, 0.2) is 6.61 Å². The van der Waals surface area contributed by atoms with E-state index in [1.165, 1.54) is 17.0 Å². The van der Waals surface area contributed by atoms with Gasteiger partial charge >= 0.3 is 6.18 Å². The first kappa shape index (κ1) is 26.9. The van der Waals surface area contributed by atoms with Crippen LogP contribution in [0.1, 0.15) is 31.1 Å². The number of rotatable bonds is 7. The number of nitrogens with one attached hydrogen (secondary N) is 1. The fourth-order valence-corrected chi connectivity index (χ4v) is 5.47. The molecule has 2 unspecified atom stereocenters. The summed E-state index contributed by atoms with van der Waals surface area (Å²) in [6, 6.07) is 3.49. The number of hydrogen-bond donors (Lipinski definition) is 1. The van der Waals surface area contributed by atoms with Gasteiger partial charge in [-0.1, -0.05) is 6.07 Å². The quantitative estimate of drug-likeness (QED) is 0.438. The number of hydrogen-bond acceptors (Lipinski definition) is 6. The summed E-state index contributed by atoms with van der Waals surface area (Å²) >= 11 is 0. The van der Waals surface area contributed by atoms with Gasteiger partial charge in [-0.15, -0.1) is 10.2 Å². The third kappa shape index (κ3) is 6.57. The second-order valence-corrected chi connectivity index (χ2v) is 10.4. The van der Waals surface area contributed by atoms with Crippen molar-refractivity contribution in [3.05, 3.63) is 54.5 Å². The monoisotopic (exact) mass is 549 g/mol. The molecular formula is C22H21F6N5O3S. The molecule has 2 atom stereocenters. The summed E-state index contributed by atoms with van der Waals surface area (Å²) in [5.74, 6) is -4.02. The van der Waals surface area contributed by atoms with E-state index in [0.717, 1.165) is 30.5 Å². The lowest BCUT2D eigenvalue weighted by Gasteiger charge is -2.35. The second-order valence-electron chi connectivity index (χ2n) is 8.69. The molecule has 1 fully saturated rings. The molecule has 1 N–H and O–H groups in total. The lowest BCUT2D eigenvalue weighted by molar-refractivity contribution is -0.154. The molecule has 4 rings (SSSR count). The molecule has 1 aromatic carbocycles. The Morgan fingerprint density at radius 2 is 1.95 bits per heavy atom. The number of halogens is 6. The number of pyridine rings is 1. The van der Waals surface area contributed by atoms with E-state index < -0.39 is 64.4 Å². The Kier molecular flexibility index (Phi) is 7.21. The first-order valence-corrected chi connectivity index (χ1v) is 12.4. The SMILES string of the molecule is Cc1nncn1C1CC(NS(=O)(=O)c2ccc(-c3ccc(OCC(F)(F)F)nc3)c(F)c2)CC(F)(F)C1. The maximum Gasteiger partial charge on any atom is 0.422 e. The van der Waals surface area contributed by atoms with Crippen LogP contribution in [-0.2, 0) is 10.0 Å². The van der Waals surface area contributed by atoms with Crippen molar-refractivity contribution in [1.29, 1.82) is 0 Å². The number of nitrogens with zero attached hydrogens (tertiary/aromatic N) is 4. The second kappa shape index (κ2) is 9.93. The summed E-state index contributed by atoms with van der Waals surface area (Å²) in [5.41, 5.74) is 0.0917. The number of sulfonamides is 1. The molecule has 2 heterocycles. The topological polar surface area (TPSA) is 99.0 Å². The van der Waals surface area contributed by atoms with Crippen molar-refractivity contribution < 1.29 is 39.5 Å². The van der Waals surface area contributed by atoms with Crippen molar-refractivity contribution in [2.24, 2.45) is 0 Å². The zero-order valence-electron chi connectivity index (χ0n) is 19.2. The van der Waals surface area contributed by atoms with E-state index in [9.17, 15) is 34.8 Å². The Labute approximate surface area is 207 Å². The smallest absolute Gasteiger partial charge is 0.422 e. The zero-order chi connectivity index (χ0) is 27.0. The summed E-state index contributed by atoms with van der Waals surface area (Å²) < 4.78 is 114. The molecule has 8 nitrogen and oxygen atoms in total. The maximum atomic E-state index is 14.8.